The van der Waals surface area contributed by atoms with Gasteiger partial charge in [-0.25, -0.2) is 12.7 Å². The van der Waals surface area contributed by atoms with Crippen LogP contribution in [0, 0.1) is 0 Å². The molecule has 0 spiro atoms. The number of nitrogens with zero attached hydrogens (tertiary/aromatic N) is 2. The second kappa shape index (κ2) is 8.92. The molecule has 0 unspecified atom stereocenters. The topological polar surface area (TPSA) is 86.8 Å². The maximum absolute atomic E-state index is 12.4. The number of nitrogens with one attached hydrogen (secondary N) is 1. The molecule has 0 aromatic heterocycles. The van der Waals surface area contributed by atoms with Crippen LogP contribution in [-0.4, -0.2) is 68.4 Å². The summed E-state index contributed by atoms with van der Waals surface area (Å²) >= 11 is 0. The summed E-state index contributed by atoms with van der Waals surface area (Å²) in [6, 6.07) is 13.3. The van der Waals surface area contributed by atoms with Crippen LogP contribution in [-0.2, 0) is 14.8 Å². The zero-order valence-electron chi connectivity index (χ0n) is 16.8. The molecule has 0 aliphatic carbocycles. The molecule has 1 aliphatic heterocycles. The van der Waals surface area contributed by atoms with Gasteiger partial charge in [-0.2, -0.15) is 0 Å². The maximum Gasteiger partial charge on any atom is 0.251 e. The third-order valence-corrected chi connectivity index (χ3v) is 6.83. The van der Waals surface area contributed by atoms with Crippen LogP contribution >= 0.6 is 0 Å². The van der Waals surface area contributed by atoms with E-state index in [9.17, 15) is 18.0 Å². The van der Waals surface area contributed by atoms with Crippen molar-refractivity contribution in [2.45, 2.75) is 25.3 Å². The second-order valence-electron chi connectivity index (χ2n) is 7.46. The van der Waals surface area contributed by atoms with Gasteiger partial charge in [0.1, 0.15) is 0 Å². The third kappa shape index (κ3) is 5.33. The van der Waals surface area contributed by atoms with Crippen LogP contribution in [0.1, 0.15) is 29.6 Å². The highest BCUT2D eigenvalue weighted by atomic mass is 32.2. The number of amides is 2. The Morgan fingerprint density at radius 2 is 1.76 bits per heavy atom. The van der Waals surface area contributed by atoms with Gasteiger partial charge < -0.3 is 10.2 Å². The van der Waals surface area contributed by atoms with Crippen LogP contribution in [0.15, 0.2) is 42.5 Å². The Kier molecular flexibility index (Phi) is 6.54. The Balaban J connectivity index is 1.45. The number of sulfonamides is 1. The van der Waals surface area contributed by atoms with Gasteiger partial charge in [0.2, 0.25) is 15.9 Å². The van der Waals surface area contributed by atoms with Crippen molar-refractivity contribution in [3.05, 3.63) is 48.0 Å². The highest BCUT2D eigenvalue weighted by Crippen LogP contribution is 2.18. The highest BCUT2D eigenvalue weighted by Gasteiger charge is 2.28. The monoisotopic (exact) mass is 417 g/mol. The smallest absolute Gasteiger partial charge is 0.251 e. The van der Waals surface area contributed by atoms with Crippen molar-refractivity contribution in [3.63, 3.8) is 0 Å². The molecule has 1 aliphatic rings. The minimum atomic E-state index is -3.22. The van der Waals surface area contributed by atoms with E-state index in [4.69, 9.17) is 0 Å². The van der Waals surface area contributed by atoms with Crippen LogP contribution in [0.3, 0.4) is 0 Å². The normalized spacial score (nSPS) is 15.6. The number of benzene rings is 2. The number of fused-ring (bicyclic) bond motifs is 1. The van der Waals surface area contributed by atoms with Crippen molar-refractivity contribution < 1.29 is 18.0 Å². The lowest BCUT2D eigenvalue weighted by Crippen LogP contribution is -2.47. The van der Waals surface area contributed by atoms with Crippen LogP contribution in [0.25, 0.3) is 10.8 Å². The van der Waals surface area contributed by atoms with Gasteiger partial charge in [0.25, 0.3) is 5.91 Å². The molecule has 2 aromatic carbocycles. The Morgan fingerprint density at radius 1 is 1.10 bits per heavy atom. The standard InChI is InChI=1S/C21H27N3O4S/c1-23(29(2,27)28)19-10-13-24(14-11-19)20(25)9-12-22-21(26)18-8-7-16-5-3-4-6-17(16)15-18/h3-8,15,19H,9-14H2,1-2H3,(H,22,26). The fourth-order valence-corrected chi connectivity index (χ4v) is 4.38. The van der Waals surface area contributed by atoms with Gasteiger partial charge in [-0.3, -0.25) is 9.59 Å². The van der Waals surface area contributed by atoms with E-state index in [0.29, 0.717) is 31.5 Å². The summed E-state index contributed by atoms with van der Waals surface area (Å²) in [4.78, 5) is 26.5. The lowest BCUT2D eigenvalue weighted by atomic mass is 10.0. The predicted molar refractivity (Wildman–Crippen MR) is 113 cm³/mol. The molecule has 1 saturated heterocycles. The molecule has 0 radical (unpaired) electrons. The summed E-state index contributed by atoms with van der Waals surface area (Å²) in [5.41, 5.74) is 0.570. The van der Waals surface area contributed by atoms with Crippen molar-refractivity contribution in [2.75, 3.05) is 32.9 Å². The van der Waals surface area contributed by atoms with Crippen molar-refractivity contribution in [2.24, 2.45) is 0 Å². The summed E-state index contributed by atoms with van der Waals surface area (Å²) in [7, 11) is -1.64. The van der Waals surface area contributed by atoms with Crippen LogP contribution in [0.2, 0.25) is 0 Å². The van der Waals surface area contributed by atoms with Gasteiger partial charge in [-0.15, -0.1) is 0 Å². The van der Waals surface area contributed by atoms with Crippen molar-refractivity contribution in [3.8, 4) is 0 Å². The second-order valence-corrected chi connectivity index (χ2v) is 9.50. The summed E-state index contributed by atoms with van der Waals surface area (Å²) in [5.74, 6) is -0.221. The highest BCUT2D eigenvalue weighted by molar-refractivity contribution is 7.88. The van der Waals surface area contributed by atoms with Crippen LogP contribution in [0.4, 0.5) is 0 Å². The van der Waals surface area contributed by atoms with Gasteiger partial charge >= 0.3 is 0 Å². The fourth-order valence-electron chi connectivity index (χ4n) is 3.62. The predicted octanol–water partition coefficient (Wildman–Crippen LogP) is 1.84. The number of hydrogen-bond acceptors (Lipinski definition) is 4. The molecule has 0 bridgehead atoms. The molecule has 156 valence electrons. The Labute approximate surface area is 171 Å². The molecule has 2 amide bonds. The molecule has 3 rings (SSSR count). The van der Waals surface area contributed by atoms with Gasteiger partial charge in [0.05, 0.1) is 6.26 Å². The lowest BCUT2D eigenvalue weighted by molar-refractivity contribution is -0.132. The fraction of sp³-hybridized carbons (Fsp3) is 0.429. The summed E-state index contributed by atoms with van der Waals surface area (Å²) in [6.07, 6.45) is 2.67. The van der Waals surface area contributed by atoms with E-state index in [0.717, 1.165) is 10.8 Å². The summed E-state index contributed by atoms with van der Waals surface area (Å²) in [5, 5.41) is 4.88. The number of likely N-dealkylation sites (tertiary alicyclic amines) is 1. The molecule has 0 atom stereocenters. The van der Waals surface area contributed by atoms with Gasteiger partial charge in [0, 0.05) is 44.7 Å². The Hall–Kier alpha value is -2.45. The van der Waals surface area contributed by atoms with Gasteiger partial charge in [0.15, 0.2) is 0 Å². The van der Waals surface area contributed by atoms with Crippen LogP contribution in [0.5, 0.6) is 0 Å². The minimum absolute atomic E-state index is 0.0238. The number of rotatable bonds is 6. The largest absolute Gasteiger partial charge is 0.352 e. The zero-order chi connectivity index (χ0) is 21.0. The molecule has 7 nitrogen and oxygen atoms in total. The first kappa shape index (κ1) is 21.3. The Morgan fingerprint density at radius 3 is 2.41 bits per heavy atom. The van der Waals surface area contributed by atoms with E-state index in [1.165, 1.54) is 10.6 Å². The van der Waals surface area contributed by atoms with Crippen molar-refractivity contribution >= 4 is 32.6 Å². The average molecular weight is 418 g/mol. The van der Waals surface area contributed by atoms with Crippen molar-refractivity contribution in [1.29, 1.82) is 0 Å². The van der Waals surface area contributed by atoms with E-state index < -0.39 is 10.0 Å². The molecule has 1 N–H and O–H groups in total. The molecule has 0 saturated carbocycles. The first-order valence-corrected chi connectivity index (χ1v) is 11.6. The number of piperidine rings is 1. The molecule has 2 aromatic rings. The van der Waals surface area contributed by atoms with E-state index in [1.807, 2.05) is 36.4 Å². The Bertz CT molecular complexity index is 998. The molecule has 1 heterocycles. The molecular formula is C21H27N3O4S. The molecule has 29 heavy (non-hydrogen) atoms. The minimum Gasteiger partial charge on any atom is -0.352 e. The lowest BCUT2D eigenvalue weighted by Gasteiger charge is -2.35. The van der Waals surface area contributed by atoms with E-state index in [1.54, 1.807) is 18.0 Å². The first-order valence-electron chi connectivity index (χ1n) is 9.73. The van der Waals surface area contributed by atoms with E-state index >= 15 is 0 Å². The average Bonchev–Trinajstić information content (AvgIpc) is 2.72. The molecular weight excluding hydrogens is 390 g/mol. The van der Waals surface area contributed by atoms with Crippen LogP contribution < -0.4 is 5.32 Å². The van der Waals surface area contributed by atoms with Gasteiger partial charge in [-0.1, -0.05) is 30.3 Å². The summed E-state index contributed by atoms with van der Waals surface area (Å²) < 4.78 is 24.7. The quantitative estimate of drug-likeness (QED) is 0.777. The molecule has 8 heteroatoms. The van der Waals surface area contributed by atoms with E-state index in [-0.39, 0.29) is 30.8 Å². The third-order valence-electron chi connectivity index (χ3n) is 5.49. The SMILES string of the molecule is CN(C1CCN(C(=O)CCNC(=O)c2ccc3ccccc3c2)CC1)S(C)(=O)=O. The maximum atomic E-state index is 12.4. The van der Waals surface area contributed by atoms with Crippen molar-refractivity contribution in [1.82, 2.24) is 14.5 Å². The summed E-state index contributed by atoms with van der Waals surface area (Å²) in [6.45, 7) is 1.33. The number of hydrogen-bond donors (Lipinski definition) is 1. The van der Waals surface area contributed by atoms with E-state index in [2.05, 4.69) is 5.32 Å². The zero-order valence-corrected chi connectivity index (χ0v) is 17.6. The number of carbonyl (C=O) groups is 2. The first-order chi connectivity index (χ1) is 13.8. The molecule has 1 fully saturated rings. The van der Waals surface area contributed by atoms with Gasteiger partial charge in [-0.05, 0) is 35.7 Å². The number of carbonyl (C=O) groups excluding carboxylic acids is 2.